The maximum Gasteiger partial charge on any atom is 0.317 e. The first-order valence-electron chi connectivity index (χ1n) is 12.0. The number of piperidine rings is 2. The SMILES string of the molecule is COc1cccc(-c2nc([C@@H]3CCCN(C(=O)NC4CCN(C)CC4)C3)n3ccccc23)c1. The molecule has 2 aliphatic heterocycles. The van der Waals surface area contributed by atoms with Crippen LogP contribution in [0.15, 0.2) is 48.7 Å². The van der Waals surface area contributed by atoms with Crippen molar-refractivity contribution in [1.82, 2.24) is 24.5 Å². The summed E-state index contributed by atoms with van der Waals surface area (Å²) in [6.45, 7) is 3.59. The molecule has 2 aromatic heterocycles. The third kappa shape index (κ3) is 4.55. The third-order valence-electron chi connectivity index (χ3n) is 7.04. The lowest BCUT2D eigenvalue weighted by Gasteiger charge is -2.35. The zero-order valence-electron chi connectivity index (χ0n) is 19.5. The number of methoxy groups -OCH3 is 1. The molecule has 2 amide bonds. The molecule has 0 bridgehead atoms. The smallest absolute Gasteiger partial charge is 0.317 e. The average molecular weight is 448 g/mol. The lowest BCUT2D eigenvalue weighted by molar-refractivity contribution is 0.165. The van der Waals surface area contributed by atoms with Crippen molar-refractivity contribution in [3.05, 3.63) is 54.5 Å². The van der Waals surface area contributed by atoms with E-state index in [1.165, 1.54) is 0 Å². The molecule has 1 atom stereocenters. The highest BCUT2D eigenvalue weighted by Crippen LogP contribution is 2.33. The fourth-order valence-electron chi connectivity index (χ4n) is 5.12. The Labute approximate surface area is 195 Å². The number of aromatic nitrogens is 2. The van der Waals surface area contributed by atoms with Crippen LogP contribution in [-0.4, -0.2) is 71.6 Å². The van der Waals surface area contributed by atoms with Gasteiger partial charge in [0.1, 0.15) is 11.6 Å². The van der Waals surface area contributed by atoms with Crippen molar-refractivity contribution in [2.24, 2.45) is 0 Å². The van der Waals surface area contributed by atoms with E-state index in [-0.39, 0.29) is 18.0 Å². The molecule has 2 saturated heterocycles. The molecule has 0 radical (unpaired) electrons. The molecule has 0 saturated carbocycles. The molecule has 5 rings (SSSR count). The first-order valence-corrected chi connectivity index (χ1v) is 12.0. The molecule has 2 aliphatic rings. The second-order valence-corrected chi connectivity index (χ2v) is 9.32. The fourth-order valence-corrected chi connectivity index (χ4v) is 5.12. The first kappa shape index (κ1) is 21.8. The van der Waals surface area contributed by atoms with E-state index in [2.05, 4.69) is 40.0 Å². The summed E-state index contributed by atoms with van der Waals surface area (Å²) in [6, 6.07) is 14.6. The van der Waals surface area contributed by atoms with E-state index in [4.69, 9.17) is 9.72 Å². The number of rotatable bonds is 4. The minimum Gasteiger partial charge on any atom is -0.497 e. The normalized spacial score (nSPS) is 20.2. The van der Waals surface area contributed by atoms with Gasteiger partial charge in [-0.05, 0) is 70.1 Å². The summed E-state index contributed by atoms with van der Waals surface area (Å²) in [5, 5.41) is 3.28. The lowest BCUT2D eigenvalue weighted by Crippen LogP contribution is -2.50. The number of likely N-dealkylation sites (tertiary alicyclic amines) is 2. The largest absolute Gasteiger partial charge is 0.497 e. The Morgan fingerprint density at radius 1 is 1.09 bits per heavy atom. The number of pyridine rings is 1. The number of urea groups is 1. The summed E-state index contributed by atoms with van der Waals surface area (Å²) >= 11 is 0. The van der Waals surface area contributed by atoms with E-state index in [1.54, 1.807) is 7.11 Å². The van der Waals surface area contributed by atoms with Crippen LogP contribution in [0.25, 0.3) is 16.8 Å². The Balaban J connectivity index is 1.38. The lowest BCUT2D eigenvalue weighted by atomic mass is 9.97. The Morgan fingerprint density at radius 3 is 2.76 bits per heavy atom. The number of benzene rings is 1. The number of ether oxygens (including phenoxy) is 1. The van der Waals surface area contributed by atoms with E-state index < -0.39 is 0 Å². The molecular formula is C26H33N5O2. The van der Waals surface area contributed by atoms with Gasteiger partial charge >= 0.3 is 6.03 Å². The summed E-state index contributed by atoms with van der Waals surface area (Å²) in [7, 11) is 3.82. The minimum absolute atomic E-state index is 0.0723. The van der Waals surface area contributed by atoms with Gasteiger partial charge in [-0.25, -0.2) is 9.78 Å². The van der Waals surface area contributed by atoms with Crippen LogP contribution in [-0.2, 0) is 0 Å². The number of hydrogen-bond acceptors (Lipinski definition) is 4. The predicted octanol–water partition coefficient (Wildman–Crippen LogP) is 3.99. The molecule has 4 heterocycles. The topological polar surface area (TPSA) is 62.1 Å². The number of fused-ring (bicyclic) bond motifs is 1. The van der Waals surface area contributed by atoms with Gasteiger partial charge in [0, 0.05) is 36.8 Å². The van der Waals surface area contributed by atoms with E-state index in [0.717, 1.165) is 73.7 Å². The molecule has 0 spiro atoms. The molecular weight excluding hydrogens is 414 g/mol. The molecule has 174 valence electrons. The molecule has 0 unspecified atom stereocenters. The number of hydrogen-bond donors (Lipinski definition) is 1. The van der Waals surface area contributed by atoms with Gasteiger partial charge in [0.25, 0.3) is 0 Å². The van der Waals surface area contributed by atoms with Crippen molar-refractivity contribution >= 4 is 11.5 Å². The van der Waals surface area contributed by atoms with Crippen molar-refractivity contribution in [2.45, 2.75) is 37.6 Å². The summed E-state index contributed by atoms with van der Waals surface area (Å²) in [6.07, 6.45) is 6.15. The Bertz CT molecular complexity index is 1120. The number of nitrogens with one attached hydrogen (secondary N) is 1. The first-order chi connectivity index (χ1) is 16.1. The number of carbonyl (C=O) groups excluding carboxylic acids is 1. The number of nitrogens with zero attached hydrogens (tertiary/aromatic N) is 4. The Hall–Kier alpha value is -3.06. The molecule has 7 heteroatoms. The van der Waals surface area contributed by atoms with Gasteiger partial charge < -0.3 is 24.3 Å². The molecule has 3 aromatic rings. The van der Waals surface area contributed by atoms with Gasteiger partial charge in [-0.1, -0.05) is 18.2 Å². The van der Waals surface area contributed by atoms with Crippen LogP contribution >= 0.6 is 0 Å². The Morgan fingerprint density at radius 2 is 1.94 bits per heavy atom. The molecule has 2 fully saturated rings. The van der Waals surface area contributed by atoms with Crippen molar-refractivity contribution in [3.8, 4) is 17.0 Å². The van der Waals surface area contributed by atoms with E-state index in [9.17, 15) is 4.79 Å². The van der Waals surface area contributed by atoms with Crippen LogP contribution < -0.4 is 10.1 Å². The highest BCUT2D eigenvalue weighted by Gasteiger charge is 2.30. The quantitative estimate of drug-likeness (QED) is 0.657. The van der Waals surface area contributed by atoms with Crippen molar-refractivity contribution in [2.75, 3.05) is 40.3 Å². The van der Waals surface area contributed by atoms with Crippen molar-refractivity contribution in [1.29, 1.82) is 0 Å². The molecule has 33 heavy (non-hydrogen) atoms. The van der Waals surface area contributed by atoms with E-state index in [1.807, 2.05) is 35.2 Å². The monoisotopic (exact) mass is 447 g/mol. The summed E-state index contributed by atoms with van der Waals surface area (Å²) in [5.74, 6) is 2.05. The van der Waals surface area contributed by atoms with E-state index >= 15 is 0 Å². The zero-order chi connectivity index (χ0) is 22.8. The number of imidazole rings is 1. The van der Waals surface area contributed by atoms with Gasteiger partial charge in [0.05, 0.1) is 18.3 Å². The van der Waals surface area contributed by atoms with Gasteiger partial charge in [0.15, 0.2) is 0 Å². The molecule has 0 aliphatic carbocycles. The van der Waals surface area contributed by atoms with Gasteiger partial charge in [-0.3, -0.25) is 0 Å². The highest BCUT2D eigenvalue weighted by molar-refractivity contribution is 5.78. The van der Waals surface area contributed by atoms with Crippen LogP contribution in [0.3, 0.4) is 0 Å². The summed E-state index contributed by atoms with van der Waals surface area (Å²) in [5.41, 5.74) is 3.07. The second-order valence-electron chi connectivity index (χ2n) is 9.32. The van der Waals surface area contributed by atoms with Gasteiger partial charge in [-0.2, -0.15) is 0 Å². The Kier molecular flexibility index (Phi) is 6.22. The zero-order valence-corrected chi connectivity index (χ0v) is 19.5. The maximum absolute atomic E-state index is 13.0. The van der Waals surface area contributed by atoms with Crippen molar-refractivity contribution < 1.29 is 9.53 Å². The number of amides is 2. The third-order valence-corrected chi connectivity index (χ3v) is 7.04. The van der Waals surface area contributed by atoms with Crippen LogP contribution in [0.4, 0.5) is 4.79 Å². The van der Waals surface area contributed by atoms with E-state index in [0.29, 0.717) is 6.54 Å². The molecule has 1 N–H and O–H groups in total. The van der Waals surface area contributed by atoms with Crippen LogP contribution in [0, 0.1) is 0 Å². The van der Waals surface area contributed by atoms with Gasteiger partial charge in [0.2, 0.25) is 0 Å². The maximum atomic E-state index is 13.0. The fraction of sp³-hybridized carbons (Fsp3) is 0.462. The number of carbonyl (C=O) groups is 1. The minimum atomic E-state index is 0.0723. The second kappa shape index (κ2) is 9.43. The van der Waals surface area contributed by atoms with Crippen LogP contribution in [0.2, 0.25) is 0 Å². The summed E-state index contributed by atoms with van der Waals surface area (Å²) in [4.78, 5) is 22.5. The average Bonchev–Trinajstić information content (AvgIpc) is 3.25. The summed E-state index contributed by atoms with van der Waals surface area (Å²) < 4.78 is 7.62. The standard InChI is InChI=1S/C26H33N5O2/c1-29-15-11-21(12-16-29)27-26(32)30-13-6-8-20(18-30)25-28-24(23-10-3-4-14-31(23)25)19-7-5-9-22(17-19)33-2/h3-5,7,9-10,14,17,20-21H,6,8,11-13,15-16,18H2,1-2H3,(H,27,32)/t20-/m1/s1. The molecule has 7 nitrogen and oxygen atoms in total. The predicted molar refractivity (Wildman–Crippen MR) is 130 cm³/mol. The van der Waals surface area contributed by atoms with Crippen LogP contribution in [0.5, 0.6) is 5.75 Å². The van der Waals surface area contributed by atoms with Gasteiger partial charge in [-0.15, -0.1) is 0 Å². The van der Waals surface area contributed by atoms with Crippen LogP contribution in [0.1, 0.15) is 37.4 Å². The van der Waals surface area contributed by atoms with Crippen molar-refractivity contribution in [3.63, 3.8) is 0 Å². The molecule has 1 aromatic carbocycles. The highest BCUT2D eigenvalue weighted by atomic mass is 16.5.